The summed E-state index contributed by atoms with van der Waals surface area (Å²) in [6, 6.07) is 8.44. The van der Waals surface area contributed by atoms with Crippen LogP contribution in [0.2, 0.25) is 0 Å². The molecule has 3 heteroatoms. The van der Waals surface area contributed by atoms with Crippen LogP contribution in [0.15, 0.2) is 24.3 Å². The standard InChI is InChI=1S/C16H21NO2/c18-15(19)11-16(7-8-16)14-6-2-1-5-13(14)12-17-9-3-4-10-17/h1-2,5-6H,3-4,7-12H2,(H,18,19). The van der Waals surface area contributed by atoms with Gasteiger partial charge in [0.25, 0.3) is 0 Å². The van der Waals surface area contributed by atoms with Crippen LogP contribution in [0.1, 0.15) is 43.2 Å². The molecule has 1 N–H and O–H groups in total. The van der Waals surface area contributed by atoms with Gasteiger partial charge >= 0.3 is 5.97 Å². The molecular formula is C16H21NO2. The molecule has 1 aromatic carbocycles. The van der Waals surface area contributed by atoms with Gasteiger partial charge in [0.2, 0.25) is 0 Å². The first-order chi connectivity index (χ1) is 9.20. The van der Waals surface area contributed by atoms with E-state index in [1.807, 2.05) is 6.07 Å². The van der Waals surface area contributed by atoms with Crippen LogP contribution in [0, 0.1) is 0 Å². The normalized spacial score (nSPS) is 21.5. The molecule has 0 amide bonds. The highest BCUT2D eigenvalue weighted by Gasteiger charge is 2.47. The highest BCUT2D eigenvalue weighted by Crippen LogP contribution is 2.52. The van der Waals surface area contributed by atoms with E-state index in [-0.39, 0.29) is 11.8 Å². The van der Waals surface area contributed by atoms with Crippen LogP contribution in [-0.4, -0.2) is 29.1 Å². The van der Waals surface area contributed by atoms with Crippen molar-refractivity contribution in [2.75, 3.05) is 13.1 Å². The van der Waals surface area contributed by atoms with E-state index in [0.29, 0.717) is 0 Å². The average Bonchev–Trinajstić information content (AvgIpc) is 2.96. The van der Waals surface area contributed by atoms with E-state index >= 15 is 0 Å². The highest BCUT2D eigenvalue weighted by molar-refractivity contribution is 5.70. The third kappa shape index (κ3) is 2.66. The molecule has 0 unspecified atom stereocenters. The van der Waals surface area contributed by atoms with E-state index < -0.39 is 5.97 Å². The van der Waals surface area contributed by atoms with Gasteiger partial charge in [-0.3, -0.25) is 9.69 Å². The van der Waals surface area contributed by atoms with Gasteiger partial charge in [-0.1, -0.05) is 24.3 Å². The molecule has 0 radical (unpaired) electrons. The number of carbonyl (C=O) groups is 1. The smallest absolute Gasteiger partial charge is 0.304 e. The molecule has 2 fully saturated rings. The lowest BCUT2D eigenvalue weighted by molar-refractivity contribution is -0.137. The molecule has 1 saturated heterocycles. The van der Waals surface area contributed by atoms with Crippen molar-refractivity contribution in [3.8, 4) is 0 Å². The van der Waals surface area contributed by atoms with Gasteiger partial charge in [0.15, 0.2) is 0 Å². The second kappa shape index (κ2) is 4.97. The molecule has 0 bridgehead atoms. The molecule has 0 aromatic heterocycles. The van der Waals surface area contributed by atoms with Gasteiger partial charge in [0.1, 0.15) is 0 Å². The molecule has 3 nitrogen and oxygen atoms in total. The fourth-order valence-corrected chi connectivity index (χ4v) is 3.34. The van der Waals surface area contributed by atoms with Crippen LogP contribution in [0.3, 0.4) is 0 Å². The summed E-state index contributed by atoms with van der Waals surface area (Å²) in [7, 11) is 0. The maximum absolute atomic E-state index is 11.1. The minimum atomic E-state index is -0.673. The predicted molar refractivity (Wildman–Crippen MR) is 74.1 cm³/mol. The van der Waals surface area contributed by atoms with E-state index in [1.165, 1.54) is 37.1 Å². The van der Waals surface area contributed by atoms with Gasteiger partial charge in [-0.15, -0.1) is 0 Å². The summed E-state index contributed by atoms with van der Waals surface area (Å²) in [6.07, 6.45) is 4.92. The zero-order valence-electron chi connectivity index (χ0n) is 11.3. The minimum absolute atomic E-state index is 0.0673. The molecule has 19 heavy (non-hydrogen) atoms. The Balaban J connectivity index is 1.82. The lowest BCUT2D eigenvalue weighted by Gasteiger charge is -2.21. The fraction of sp³-hybridized carbons (Fsp3) is 0.562. The molecule has 1 saturated carbocycles. The summed E-state index contributed by atoms with van der Waals surface area (Å²) in [6.45, 7) is 3.35. The van der Waals surface area contributed by atoms with Crippen molar-refractivity contribution in [3.05, 3.63) is 35.4 Å². The second-order valence-electron chi connectivity index (χ2n) is 5.99. The Morgan fingerprint density at radius 3 is 2.53 bits per heavy atom. The topological polar surface area (TPSA) is 40.5 Å². The van der Waals surface area contributed by atoms with Gasteiger partial charge < -0.3 is 5.11 Å². The zero-order valence-corrected chi connectivity index (χ0v) is 11.3. The van der Waals surface area contributed by atoms with Gasteiger partial charge in [0, 0.05) is 12.0 Å². The SMILES string of the molecule is O=C(O)CC1(c2ccccc2CN2CCCC2)CC1. The van der Waals surface area contributed by atoms with Crippen LogP contribution >= 0.6 is 0 Å². The highest BCUT2D eigenvalue weighted by atomic mass is 16.4. The van der Waals surface area contributed by atoms with Crippen LogP contribution in [0.5, 0.6) is 0 Å². The molecule has 1 aliphatic carbocycles. The number of nitrogens with zero attached hydrogens (tertiary/aromatic N) is 1. The van der Waals surface area contributed by atoms with E-state index in [9.17, 15) is 4.79 Å². The largest absolute Gasteiger partial charge is 0.481 e. The van der Waals surface area contributed by atoms with Crippen molar-refractivity contribution in [2.45, 2.75) is 44.1 Å². The summed E-state index contributed by atoms with van der Waals surface area (Å²) in [5, 5.41) is 9.12. The first kappa shape index (κ1) is 12.7. The number of likely N-dealkylation sites (tertiary alicyclic amines) is 1. The lowest BCUT2D eigenvalue weighted by atomic mass is 9.88. The van der Waals surface area contributed by atoms with Crippen molar-refractivity contribution in [2.24, 2.45) is 0 Å². The Morgan fingerprint density at radius 2 is 1.89 bits per heavy atom. The van der Waals surface area contributed by atoms with Crippen molar-refractivity contribution < 1.29 is 9.90 Å². The number of carboxylic acids is 1. The van der Waals surface area contributed by atoms with Crippen molar-refractivity contribution in [1.82, 2.24) is 4.90 Å². The summed E-state index contributed by atoms with van der Waals surface area (Å²) in [5.74, 6) is -0.673. The molecule has 0 spiro atoms. The molecule has 1 heterocycles. The van der Waals surface area contributed by atoms with Crippen LogP contribution in [-0.2, 0) is 16.8 Å². The molecule has 1 aliphatic heterocycles. The zero-order chi connectivity index (χ0) is 13.3. The molecule has 2 aliphatic rings. The van der Waals surface area contributed by atoms with E-state index in [0.717, 1.165) is 19.4 Å². The summed E-state index contributed by atoms with van der Waals surface area (Å²) >= 11 is 0. The van der Waals surface area contributed by atoms with Crippen molar-refractivity contribution in [3.63, 3.8) is 0 Å². The Labute approximate surface area is 114 Å². The third-order valence-corrected chi connectivity index (χ3v) is 4.52. The van der Waals surface area contributed by atoms with Gasteiger partial charge in [0.05, 0.1) is 6.42 Å². The second-order valence-corrected chi connectivity index (χ2v) is 5.99. The Morgan fingerprint density at radius 1 is 1.21 bits per heavy atom. The number of hydrogen-bond donors (Lipinski definition) is 1. The average molecular weight is 259 g/mol. The fourth-order valence-electron chi connectivity index (χ4n) is 3.34. The van der Waals surface area contributed by atoms with E-state index in [1.54, 1.807) is 0 Å². The van der Waals surface area contributed by atoms with Crippen LogP contribution in [0.25, 0.3) is 0 Å². The number of rotatable bonds is 5. The Hall–Kier alpha value is -1.35. The third-order valence-electron chi connectivity index (χ3n) is 4.52. The maximum atomic E-state index is 11.1. The van der Waals surface area contributed by atoms with Gasteiger partial charge in [-0.2, -0.15) is 0 Å². The van der Waals surface area contributed by atoms with E-state index in [2.05, 4.69) is 23.1 Å². The summed E-state index contributed by atoms with van der Waals surface area (Å²) in [4.78, 5) is 13.6. The molecule has 102 valence electrons. The number of benzene rings is 1. The molecule has 3 rings (SSSR count). The molecular weight excluding hydrogens is 238 g/mol. The number of carboxylic acid groups (broad SMARTS) is 1. The summed E-state index contributed by atoms with van der Waals surface area (Å²) in [5.41, 5.74) is 2.55. The monoisotopic (exact) mass is 259 g/mol. The first-order valence-corrected chi connectivity index (χ1v) is 7.22. The van der Waals surface area contributed by atoms with Gasteiger partial charge in [-0.05, 0) is 49.9 Å². The maximum Gasteiger partial charge on any atom is 0.304 e. The Kier molecular flexibility index (Phi) is 3.31. The van der Waals surface area contributed by atoms with E-state index in [4.69, 9.17) is 5.11 Å². The van der Waals surface area contributed by atoms with Crippen molar-refractivity contribution >= 4 is 5.97 Å². The number of aliphatic carboxylic acids is 1. The first-order valence-electron chi connectivity index (χ1n) is 7.22. The van der Waals surface area contributed by atoms with Crippen LogP contribution in [0.4, 0.5) is 0 Å². The number of hydrogen-bond acceptors (Lipinski definition) is 2. The minimum Gasteiger partial charge on any atom is -0.481 e. The predicted octanol–water partition coefficient (Wildman–Crippen LogP) is 2.79. The lowest BCUT2D eigenvalue weighted by Crippen LogP contribution is -2.22. The molecule has 0 atom stereocenters. The quantitative estimate of drug-likeness (QED) is 0.884. The van der Waals surface area contributed by atoms with Gasteiger partial charge in [-0.25, -0.2) is 0 Å². The molecule has 1 aromatic rings. The van der Waals surface area contributed by atoms with Crippen molar-refractivity contribution in [1.29, 1.82) is 0 Å². The Bertz CT molecular complexity index is 473. The summed E-state index contributed by atoms with van der Waals surface area (Å²) < 4.78 is 0. The van der Waals surface area contributed by atoms with Crippen LogP contribution < -0.4 is 0 Å².